The number of hydrogen-bond acceptors (Lipinski definition) is 8. The Labute approximate surface area is 124 Å². The summed E-state index contributed by atoms with van der Waals surface area (Å²) in [6.45, 7) is 4.51. The first kappa shape index (κ1) is 14.3. The van der Waals surface area contributed by atoms with Crippen LogP contribution in [-0.2, 0) is 9.47 Å². The van der Waals surface area contributed by atoms with Gasteiger partial charge in [-0.25, -0.2) is 0 Å². The number of nitrogens with zero attached hydrogens (tertiary/aromatic N) is 5. The summed E-state index contributed by atoms with van der Waals surface area (Å²) in [6, 6.07) is 0.387. The molecule has 116 valence electrons. The Balaban J connectivity index is 1.79. The summed E-state index contributed by atoms with van der Waals surface area (Å²) in [4.78, 5) is 17.3. The normalized spacial score (nSPS) is 20.5. The van der Waals surface area contributed by atoms with Crippen molar-refractivity contribution in [2.75, 3.05) is 62.1 Å². The second kappa shape index (κ2) is 6.40. The molecule has 0 unspecified atom stereocenters. The molecule has 2 fully saturated rings. The first-order chi connectivity index (χ1) is 10.2. The predicted octanol–water partition coefficient (Wildman–Crippen LogP) is -0.0944. The van der Waals surface area contributed by atoms with Gasteiger partial charge in [0.15, 0.2) is 0 Å². The van der Waals surface area contributed by atoms with E-state index < -0.39 is 0 Å². The molecule has 0 bridgehead atoms. The predicted molar refractivity (Wildman–Crippen MR) is 79.5 cm³/mol. The molecule has 3 rings (SSSR count). The Hall–Kier alpha value is -1.67. The molecule has 0 radical (unpaired) electrons. The summed E-state index contributed by atoms with van der Waals surface area (Å²) in [5.74, 6) is 1.54. The first-order valence-corrected chi connectivity index (χ1v) is 7.39. The monoisotopic (exact) mass is 294 g/mol. The van der Waals surface area contributed by atoms with E-state index in [2.05, 4.69) is 24.8 Å². The summed E-state index contributed by atoms with van der Waals surface area (Å²) >= 11 is 0. The van der Waals surface area contributed by atoms with Crippen molar-refractivity contribution in [2.45, 2.75) is 18.9 Å². The molecule has 8 heteroatoms. The number of morpholine rings is 1. The second-order valence-electron chi connectivity index (χ2n) is 5.35. The van der Waals surface area contributed by atoms with Crippen LogP contribution in [0.3, 0.4) is 0 Å². The van der Waals surface area contributed by atoms with Crippen LogP contribution in [0.15, 0.2) is 0 Å². The molecule has 0 aliphatic carbocycles. The fourth-order valence-corrected chi connectivity index (χ4v) is 2.67. The van der Waals surface area contributed by atoms with Crippen molar-refractivity contribution in [3.63, 3.8) is 0 Å². The third-order valence-electron chi connectivity index (χ3n) is 3.98. The highest BCUT2D eigenvalue weighted by atomic mass is 16.5. The highest BCUT2D eigenvalue weighted by Gasteiger charge is 2.23. The van der Waals surface area contributed by atoms with E-state index in [0.29, 0.717) is 31.2 Å². The number of hydrogen-bond donors (Lipinski definition) is 1. The van der Waals surface area contributed by atoms with Crippen LogP contribution < -0.4 is 15.5 Å². The molecule has 0 aromatic carbocycles. The van der Waals surface area contributed by atoms with Gasteiger partial charge in [-0.1, -0.05) is 0 Å². The minimum Gasteiger partial charge on any atom is -0.381 e. The van der Waals surface area contributed by atoms with Gasteiger partial charge in [0.05, 0.1) is 13.2 Å². The van der Waals surface area contributed by atoms with E-state index in [9.17, 15) is 0 Å². The topological polar surface area (TPSA) is 89.6 Å². The van der Waals surface area contributed by atoms with Gasteiger partial charge in [-0.15, -0.1) is 0 Å². The molecule has 8 nitrogen and oxygen atoms in total. The van der Waals surface area contributed by atoms with E-state index >= 15 is 0 Å². The summed E-state index contributed by atoms with van der Waals surface area (Å²) < 4.78 is 10.8. The van der Waals surface area contributed by atoms with E-state index in [1.54, 1.807) is 0 Å². The Morgan fingerprint density at radius 1 is 1.05 bits per heavy atom. The smallest absolute Gasteiger partial charge is 0.232 e. The number of nitrogen functional groups attached to an aromatic ring is 1. The maximum Gasteiger partial charge on any atom is 0.232 e. The number of rotatable bonds is 3. The maximum absolute atomic E-state index is 5.86. The fraction of sp³-hybridized carbons (Fsp3) is 0.769. The van der Waals surface area contributed by atoms with Crippen molar-refractivity contribution in [3.05, 3.63) is 0 Å². The highest BCUT2D eigenvalue weighted by Crippen LogP contribution is 2.21. The minimum atomic E-state index is 0.264. The second-order valence-corrected chi connectivity index (χ2v) is 5.35. The number of aromatic nitrogens is 3. The standard InChI is InChI=1S/C13H22N6O2/c1-18(10-2-6-20-7-3-10)12-15-11(14)16-13(17-12)19-4-8-21-9-5-19/h10H,2-9H2,1H3,(H2,14,15,16,17). The Morgan fingerprint density at radius 2 is 1.71 bits per heavy atom. The van der Waals surface area contributed by atoms with Crippen molar-refractivity contribution in [2.24, 2.45) is 0 Å². The quantitative estimate of drug-likeness (QED) is 0.827. The minimum absolute atomic E-state index is 0.264. The van der Waals surface area contributed by atoms with Gasteiger partial charge in [-0.2, -0.15) is 15.0 Å². The average Bonchev–Trinajstić information content (AvgIpc) is 2.55. The molecule has 21 heavy (non-hydrogen) atoms. The van der Waals surface area contributed by atoms with Crippen molar-refractivity contribution >= 4 is 17.8 Å². The zero-order chi connectivity index (χ0) is 14.7. The van der Waals surface area contributed by atoms with Gasteiger partial charge in [0.25, 0.3) is 0 Å². The molecule has 1 aromatic rings. The van der Waals surface area contributed by atoms with Gasteiger partial charge in [-0.3, -0.25) is 0 Å². The maximum atomic E-state index is 5.86. The van der Waals surface area contributed by atoms with Crippen LogP contribution in [0.4, 0.5) is 17.8 Å². The van der Waals surface area contributed by atoms with Gasteiger partial charge in [-0.05, 0) is 12.8 Å². The zero-order valence-corrected chi connectivity index (χ0v) is 12.4. The molecule has 1 aromatic heterocycles. The van der Waals surface area contributed by atoms with Gasteiger partial charge in [0.2, 0.25) is 17.8 Å². The van der Waals surface area contributed by atoms with Gasteiger partial charge in [0, 0.05) is 39.4 Å². The summed E-state index contributed by atoms with van der Waals surface area (Å²) in [6.07, 6.45) is 1.96. The fourth-order valence-electron chi connectivity index (χ4n) is 2.67. The average molecular weight is 294 g/mol. The van der Waals surface area contributed by atoms with E-state index in [-0.39, 0.29) is 5.95 Å². The summed E-state index contributed by atoms with van der Waals surface area (Å²) in [5, 5.41) is 0. The summed E-state index contributed by atoms with van der Waals surface area (Å²) in [7, 11) is 2.01. The largest absolute Gasteiger partial charge is 0.381 e. The highest BCUT2D eigenvalue weighted by molar-refractivity contribution is 5.44. The zero-order valence-electron chi connectivity index (χ0n) is 12.4. The Kier molecular flexibility index (Phi) is 4.35. The lowest BCUT2D eigenvalue weighted by Gasteiger charge is -2.32. The van der Waals surface area contributed by atoms with Gasteiger partial charge < -0.3 is 25.0 Å². The van der Waals surface area contributed by atoms with Crippen molar-refractivity contribution in [3.8, 4) is 0 Å². The molecule has 2 N–H and O–H groups in total. The molecule has 2 aliphatic rings. The van der Waals surface area contributed by atoms with Crippen LogP contribution in [-0.4, -0.2) is 67.6 Å². The number of nitrogens with two attached hydrogens (primary N) is 1. The molecular formula is C13H22N6O2. The van der Waals surface area contributed by atoms with Crippen LogP contribution in [0.2, 0.25) is 0 Å². The Bertz CT molecular complexity index is 474. The SMILES string of the molecule is CN(c1nc(N)nc(N2CCOCC2)n1)C1CCOCC1. The third kappa shape index (κ3) is 3.33. The molecule has 0 amide bonds. The van der Waals surface area contributed by atoms with Crippen molar-refractivity contribution in [1.82, 2.24) is 15.0 Å². The lowest BCUT2D eigenvalue weighted by atomic mass is 10.1. The molecule has 2 saturated heterocycles. The van der Waals surface area contributed by atoms with Crippen LogP contribution in [0.25, 0.3) is 0 Å². The van der Waals surface area contributed by atoms with Gasteiger partial charge >= 0.3 is 0 Å². The summed E-state index contributed by atoms with van der Waals surface area (Å²) in [5.41, 5.74) is 5.86. The van der Waals surface area contributed by atoms with E-state index in [1.807, 2.05) is 7.05 Å². The van der Waals surface area contributed by atoms with Crippen LogP contribution in [0.5, 0.6) is 0 Å². The van der Waals surface area contributed by atoms with Crippen molar-refractivity contribution in [1.29, 1.82) is 0 Å². The molecular weight excluding hydrogens is 272 g/mol. The van der Waals surface area contributed by atoms with E-state index in [0.717, 1.165) is 39.1 Å². The van der Waals surface area contributed by atoms with Crippen LogP contribution in [0, 0.1) is 0 Å². The van der Waals surface area contributed by atoms with Crippen LogP contribution in [0.1, 0.15) is 12.8 Å². The molecule has 0 saturated carbocycles. The number of anilines is 3. The van der Waals surface area contributed by atoms with Crippen LogP contribution >= 0.6 is 0 Å². The molecule has 3 heterocycles. The molecule has 2 aliphatic heterocycles. The van der Waals surface area contributed by atoms with E-state index in [1.165, 1.54) is 0 Å². The molecule has 0 atom stereocenters. The molecule has 0 spiro atoms. The van der Waals surface area contributed by atoms with Gasteiger partial charge in [0.1, 0.15) is 0 Å². The van der Waals surface area contributed by atoms with E-state index in [4.69, 9.17) is 15.2 Å². The first-order valence-electron chi connectivity index (χ1n) is 7.39. The Morgan fingerprint density at radius 3 is 2.43 bits per heavy atom. The van der Waals surface area contributed by atoms with Crippen molar-refractivity contribution < 1.29 is 9.47 Å². The third-order valence-corrected chi connectivity index (χ3v) is 3.98. The lowest BCUT2D eigenvalue weighted by Crippen LogP contribution is -2.40. The lowest BCUT2D eigenvalue weighted by molar-refractivity contribution is 0.0852. The number of ether oxygens (including phenoxy) is 2.